The number of benzene rings is 3. The van der Waals surface area contributed by atoms with Crippen molar-refractivity contribution in [2.45, 2.75) is 12.8 Å². The number of anilines is 1. The van der Waals surface area contributed by atoms with E-state index in [1.54, 1.807) is 24.3 Å². The van der Waals surface area contributed by atoms with E-state index in [4.69, 9.17) is 16.2 Å². The van der Waals surface area contributed by atoms with Crippen LogP contribution in [0.25, 0.3) is 10.8 Å². The molecule has 0 atom stereocenters. The minimum absolute atomic E-state index is 0.120. The molecule has 2 amide bonds. The highest BCUT2D eigenvalue weighted by Crippen LogP contribution is 2.27. The van der Waals surface area contributed by atoms with Crippen molar-refractivity contribution in [3.8, 4) is 0 Å². The third-order valence-corrected chi connectivity index (χ3v) is 4.90. The summed E-state index contributed by atoms with van der Waals surface area (Å²) in [6.07, 6.45) is 0.573. The van der Waals surface area contributed by atoms with Gasteiger partial charge in [0.1, 0.15) is 0 Å². The SMILES string of the molecule is COC(=O)CCc1c(NC(=O)CNC(=O)c2cccc(N=C(N)N)c2)ccc2ccccc12. The number of guanidine groups is 1. The molecule has 33 heavy (non-hydrogen) atoms. The largest absolute Gasteiger partial charge is 0.469 e. The Bertz CT molecular complexity index is 1220. The summed E-state index contributed by atoms with van der Waals surface area (Å²) in [6.45, 7) is -0.241. The van der Waals surface area contributed by atoms with Crippen LogP contribution in [0.4, 0.5) is 11.4 Å². The third kappa shape index (κ3) is 6.30. The zero-order valence-corrected chi connectivity index (χ0v) is 18.1. The number of hydrogen-bond acceptors (Lipinski definition) is 5. The second-order valence-corrected chi connectivity index (χ2v) is 7.21. The topological polar surface area (TPSA) is 149 Å². The number of aryl methyl sites for hydroxylation is 1. The fourth-order valence-corrected chi connectivity index (χ4v) is 3.37. The first-order valence-electron chi connectivity index (χ1n) is 10.2. The number of nitrogens with zero attached hydrogens (tertiary/aromatic N) is 1. The molecule has 0 aromatic heterocycles. The minimum Gasteiger partial charge on any atom is -0.469 e. The summed E-state index contributed by atoms with van der Waals surface area (Å²) in [5, 5.41) is 7.33. The zero-order chi connectivity index (χ0) is 23.8. The smallest absolute Gasteiger partial charge is 0.305 e. The van der Waals surface area contributed by atoms with Crippen LogP contribution in [0.1, 0.15) is 22.3 Å². The molecule has 9 heteroatoms. The lowest BCUT2D eigenvalue weighted by atomic mass is 9.98. The number of carbonyl (C=O) groups is 3. The molecule has 0 saturated carbocycles. The van der Waals surface area contributed by atoms with Crippen LogP contribution < -0.4 is 22.1 Å². The molecule has 0 saturated heterocycles. The molecule has 3 rings (SSSR count). The molecule has 0 fully saturated rings. The van der Waals surface area contributed by atoms with E-state index in [0.717, 1.165) is 16.3 Å². The zero-order valence-electron chi connectivity index (χ0n) is 18.1. The summed E-state index contributed by atoms with van der Waals surface area (Å²) in [4.78, 5) is 40.6. The number of rotatable bonds is 8. The van der Waals surface area contributed by atoms with Crippen LogP contribution in [0.3, 0.4) is 0 Å². The minimum atomic E-state index is -0.442. The van der Waals surface area contributed by atoms with E-state index in [-0.39, 0.29) is 24.9 Å². The number of nitrogens with two attached hydrogens (primary N) is 2. The van der Waals surface area contributed by atoms with Crippen LogP contribution >= 0.6 is 0 Å². The van der Waals surface area contributed by atoms with Crippen LogP contribution in [-0.2, 0) is 20.7 Å². The van der Waals surface area contributed by atoms with Crippen molar-refractivity contribution in [3.05, 3.63) is 71.8 Å². The molecule has 0 heterocycles. The van der Waals surface area contributed by atoms with Gasteiger partial charge in [0, 0.05) is 17.7 Å². The number of aliphatic imine (C=N–C) groups is 1. The Hall–Kier alpha value is -4.40. The number of carbonyl (C=O) groups excluding carboxylic acids is 3. The number of nitrogens with one attached hydrogen (secondary N) is 2. The summed E-state index contributed by atoms with van der Waals surface area (Å²) >= 11 is 0. The molecule has 0 radical (unpaired) electrons. The highest BCUT2D eigenvalue weighted by atomic mass is 16.5. The van der Waals surface area contributed by atoms with Gasteiger partial charge < -0.3 is 26.8 Å². The number of fused-ring (bicyclic) bond motifs is 1. The van der Waals surface area contributed by atoms with Crippen molar-refractivity contribution < 1.29 is 19.1 Å². The standard InChI is InChI=1S/C24H25N5O4/c1-33-22(31)12-10-19-18-8-3-2-5-15(18)9-11-20(19)29-21(30)14-27-23(32)16-6-4-7-17(13-16)28-24(25)26/h2-9,11,13H,10,12,14H2,1H3,(H,27,32)(H,29,30)(H4,25,26,28). The highest BCUT2D eigenvalue weighted by molar-refractivity contribution is 6.01. The van der Waals surface area contributed by atoms with E-state index in [9.17, 15) is 14.4 Å². The highest BCUT2D eigenvalue weighted by Gasteiger charge is 2.14. The fraction of sp³-hybridized carbons (Fsp3) is 0.167. The molecule has 0 aliphatic rings. The first-order chi connectivity index (χ1) is 15.9. The van der Waals surface area contributed by atoms with Gasteiger partial charge in [-0.25, -0.2) is 4.99 Å². The van der Waals surface area contributed by atoms with Gasteiger partial charge in [-0.3, -0.25) is 14.4 Å². The fourth-order valence-electron chi connectivity index (χ4n) is 3.37. The molecule has 9 nitrogen and oxygen atoms in total. The first kappa shape index (κ1) is 23.3. The summed E-state index contributed by atoms with van der Waals surface area (Å²) in [5.74, 6) is -1.30. The van der Waals surface area contributed by atoms with Gasteiger partial charge in [-0.2, -0.15) is 0 Å². The van der Waals surface area contributed by atoms with Gasteiger partial charge >= 0.3 is 5.97 Å². The maximum atomic E-state index is 12.6. The predicted molar refractivity (Wildman–Crippen MR) is 127 cm³/mol. The van der Waals surface area contributed by atoms with E-state index < -0.39 is 11.8 Å². The van der Waals surface area contributed by atoms with E-state index in [0.29, 0.717) is 23.4 Å². The summed E-state index contributed by atoms with van der Waals surface area (Å²) in [5.41, 5.74) is 12.9. The van der Waals surface area contributed by atoms with Gasteiger partial charge in [-0.05, 0) is 47.0 Å². The normalized spacial score (nSPS) is 10.3. The molecule has 0 bridgehead atoms. The summed E-state index contributed by atoms with van der Waals surface area (Å²) in [6, 6.07) is 17.8. The maximum Gasteiger partial charge on any atom is 0.305 e. The first-order valence-corrected chi connectivity index (χ1v) is 10.2. The molecule has 6 N–H and O–H groups in total. The van der Waals surface area contributed by atoms with Crippen LogP contribution in [0, 0.1) is 0 Å². The number of ether oxygens (including phenoxy) is 1. The third-order valence-electron chi connectivity index (χ3n) is 4.90. The Morgan fingerprint density at radius 2 is 1.79 bits per heavy atom. The second-order valence-electron chi connectivity index (χ2n) is 7.21. The van der Waals surface area contributed by atoms with Gasteiger partial charge in [-0.15, -0.1) is 0 Å². The molecule has 0 unspecified atom stereocenters. The van der Waals surface area contributed by atoms with Crippen LogP contribution in [-0.4, -0.2) is 37.4 Å². The predicted octanol–water partition coefficient (Wildman–Crippen LogP) is 2.22. The summed E-state index contributed by atoms with van der Waals surface area (Å²) < 4.78 is 4.75. The average molecular weight is 447 g/mol. The number of hydrogen-bond donors (Lipinski definition) is 4. The van der Waals surface area contributed by atoms with Crippen molar-refractivity contribution in [3.63, 3.8) is 0 Å². The van der Waals surface area contributed by atoms with Crippen molar-refractivity contribution in [1.82, 2.24) is 5.32 Å². The molecule has 0 aliphatic heterocycles. The second kappa shape index (κ2) is 10.8. The number of methoxy groups -OCH3 is 1. The average Bonchev–Trinajstić information content (AvgIpc) is 2.81. The van der Waals surface area contributed by atoms with Crippen LogP contribution in [0.2, 0.25) is 0 Å². The van der Waals surface area contributed by atoms with Gasteiger partial charge in [-0.1, -0.05) is 36.4 Å². The van der Waals surface area contributed by atoms with E-state index in [1.165, 1.54) is 13.2 Å². The maximum absolute atomic E-state index is 12.6. The molecule has 0 spiro atoms. The van der Waals surface area contributed by atoms with Crippen LogP contribution in [0.5, 0.6) is 0 Å². The number of esters is 1. The van der Waals surface area contributed by atoms with E-state index >= 15 is 0 Å². The molecule has 3 aromatic rings. The van der Waals surface area contributed by atoms with Gasteiger partial charge in [0.2, 0.25) is 5.91 Å². The number of amides is 2. The van der Waals surface area contributed by atoms with Gasteiger partial charge in [0.15, 0.2) is 5.96 Å². The van der Waals surface area contributed by atoms with E-state index in [1.807, 2.05) is 30.3 Å². The Kier molecular flexibility index (Phi) is 7.59. The van der Waals surface area contributed by atoms with Crippen molar-refractivity contribution in [2.24, 2.45) is 16.5 Å². The Morgan fingerprint density at radius 1 is 1.00 bits per heavy atom. The lowest BCUT2D eigenvalue weighted by molar-refractivity contribution is -0.140. The van der Waals surface area contributed by atoms with Crippen molar-refractivity contribution >= 4 is 45.9 Å². The molecule has 0 aliphatic carbocycles. The summed E-state index contributed by atoms with van der Waals surface area (Å²) in [7, 11) is 1.34. The lowest BCUT2D eigenvalue weighted by Gasteiger charge is -2.14. The van der Waals surface area contributed by atoms with E-state index in [2.05, 4.69) is 15.6 Å². The Morgan fingerprint density at radius 3 is 2.55 bits per heavy atom. The lowest BCUT2D eigenvalue weighted by Crippen LogP contribution is -2.33. The van der Waals surface area contributed by atoms with Crippen molar-refractivity contribution in [1.29, 1.82) is 0 Å². The quantitative estimate of drug-likeness (QED) is 0.236. The molecule has 3 aromatic carbocycles. The Labute approximate surface area is 190 Å². The van der Waals surface area contributed by atoms with Gasteiger partial charge in [0.25, 0.3) is 5.91 Å². The molecular weight excluding hydrogens is 422 g/mol. The van der Waals surface area contributed by atoms with Crippen molar-refractivity contribution in [2.75, 3.05) is 19.0 Å². The van der Waals surface area contributed by atoms with Gasteiger partial charge in [0.05, 0.1) is 19.3 Å². The monoisotopic (exact) mass is 447 g/mol. The van der Waals surface area contributed by atoms with Crippen LogP contribution in [0.15, 0.2) is 65.7 Å². The molecular formula is C24H25N5O4. The Balaban J connectivity index is 1.71. The molecule has 170 valence electrons.